The lowest BCUT2D eigenvalue weighted by Crippen LogP contribution is -1.99. The van der Waals surface area contributed by atoms with Crippen LogP contribution in [0.3, 0.4) is 0 Å². The van der Waals surface area contributed by atoms with Gasteiger partial charge in [-0.25, -0.2) is 0 Å². The molecule has 0 saturated heterocycles. The molecule has 16 heavy (non-hydrogen) atoms. The Morgan fingerprint density at radius 2 is 2.06 bits per heavy atom. The third kappa shape index (κ3) is 2.39. The molecular weight excluding hydrogens is 202 g/mol. The van der Waals surface area contributed by atoms with Crippen molar-refractivity contribution in [1.82, 2.24) is 15.4 Å². The number of aromatic nitrogens is 3. The maximum absolute atomic E-state index is 5.12. The van der Waals surface area contributed by atoms with Gasteiger partial charge in [0.2, 0.25) is 0 Å². The average Bonchev–Trinajstić information content (AvgIpc) is 2.83. The van der Waals surface area contributed by atoms with Gasteiger partial charge in [0, 0.05) is 5.92 Å². The van der Waals surface area contributed by atoms with E-state index in [9.17, 15) is 0 Å². The summed E-state index contributed by atoms with van der Waals surface area (Å²) in [4.78, 5) is 0. The van der Waals surface area contributed by atoms with Crippen molar-refractivity contribution in [2.75, 3.05) is 7.11 Å². The summed E-state index contributed by atoms with van der Waals surface area (Å²) < 4.78 is 5.12. The molecule has 0 radical (unpaired) electrons. The molecule has 2 rings (SSSR count). The van der Waals surface area contributed by atoms with Crippen LogP contribution >= 0.6 is 0 Å². The summed E-state index contributed by atoms with van der Waals surface area (Å²) in [6, 6.07) is 8.11. The van der Waals surface area contributed by atoms with E-state index in [2.05, 4.69) is 34.5 Å². The Bertz CT molecular complexity index is 422. The lowest BCUT2D eigenvalue weighted by atomic mass is 9.99. The zero-order chi connectivity index (χ0) is 11.4. The molecule has 4 heteroatoms. The molecule has 0 saturated carbocycles. The SMILES string of the molecule is COc1ccc(C[C@H](C)c2cn[nH]n2)cc1. The average molecular weight is 217 g/mol. The molecular formula is C12H15N3O. The van der Waals surface area contributed by atoms with Crippen molar-refractivity contribution in [1.29, 1.82) is 0 Å². The van der Waals surface area contributed by atoms with Gasteiger partial charge in [-0.1, -0.05) is 19.1 Å². The maximum Gasteiger partial charge on any atom is 0.118 e. The van der Waals surface area contributed by atoms with Gasteiger partial charge >= 0.3 is 0 Å². The lowest BCUT2D eigenvalue weighted by molar-refractivity contribution is 0.414. The molecule has 0 spiro atoms. The predicted molar refractivity (Wildman–Crippen MR) is 61.5 cm³/mol. The first-order valence-electron chi connectivity index (χ1n) is 5.28. The summed E-state index contributed by atoms with van der Waals surface area (Å²) in [7, 11) is 1.67. The first-order chi connectivity index (χ1) is 7.79. The number of aromatic amines is 1. The second-order valence-corrected chi connectivity index (χ2v) is 3.85. The molecule has 0 aliphatic heterocycles. The number of rotatable bonds is 4. The van der Waals surface area contributed by atoms with Crippen molar-refractivity contribution >= 4 is 0 Å². The Hall–Kier alpha value is -1.84. The molecule has 0 amide bonds. The van der Waals surface area contributed by atoms with Crippen molar-refractivity contribution in [3.05, 3.63) is 41.7 Å². The van der Waals surface area contributed by atoms with Gasteiger partial charge < -0.3 is 4.74 Å². The Labute approximate surface area is 94.6 Å². The Kier molecular flexibility index (Phi) is 3.19. The van der Waals surface area contributed by atoms with E-state index in [1.807, 2.05) is 12.1 Å². The summed E-state index contributed by atoms with van der Waals surface area (Å²) >= 11 is 0. The number of methoxy groups -OCH3 is 1. The molecule has 2 aromatic rings. The minimum absolute atomic E-state index is 0.368. The highest BCUT2D eigenvalue weighted by atomic mass is 16.5. The first kappa shape index (κ1) is 10.7. The third-order valence-corrected chi connectivity index (χ3v) is 2.64. The summed E-state index contributed by atoms with van der Waals surface area (Å²) in [5, 5.41) is 10.5. The molecule has 0 aliphatic rings. The van der Waals surface area contributed by atoms with Crippen LogP contribution in [0.25, 0.3) is 0 Å². The zero-order valence-corrected chi connectivity index (χ0v) is 9.47. The minimum Gasteiger partial charge on any atom is -0.497 e. The number of benzene rings is 1. The van der Waals surface area contributed by atoms with Gasteiger partial charge in [0.1, 0.15) is 5.75 Å². The standard InChI is InChI=1S/C12H15N3O/c1-9(12-8-13-15-14-12)7-10-3-5-11(16-2)6-4-10/h3-6,8-9H,7H2,1-2H3,(H,13,14,15)/t9-/m0/s1. The molecule has 0 fully saturated rings. The van der Waals surface area contributed by atoms with E-state index in [-0.39, 0.29) is 0 Å². The van der Waals surface area contributed by atoms with Gasteiger partial charge in [-0.05, 0) is 24.1 Å². The predicted octanol–water partition coefficient (Wildman–Crippen LogP) is 2.16. The molecule has 1 aromatic heterocycles. The molecule has 84 valence electrons. The van der Waals surface area contributed by atoms with Crippen LogP contribution in [0.1, 0.15) is 24.1 Å². The van der Waals surface area contributed by atoms with Crippen LogP contribution in [0.15, 0.2) is 30.5 Å². The van der Waals surface area contributed by atoms with E-state index in [0.29, 0.717) is 5.92 Å². The summed E-state index contributed by atoms with van der Waals surface area (Å²) in [5.41, 5.74) is 2.27. The van der Waals surface area contributed by atoms with E-state index in [1.165, 1.54) is 5.56 Å². The molecule has 1 N–H and O–H groups in total. The van der Waals surface area contributed by atoms with Crippen LogP contribution in [-0.2, 0) is 6.42 Å². The molecule has 4 nitrogen and oxygen atoms in total. The highest BCUT2D eigenvalue weighted by molar-refractivity contribution is 5.28. The highest BCUT2D eigenvalue weighted by Gasteiger charge is 2.09. The highest BCUT2D eigenvalue weighted by Crippen LogP contribution is 2.19. The van der Waals surface area contributed by atoms with Gasteiger partial charge in [0.05, 0.1) is 19.0 Å². The maximum atomic E-state index is 5.12. The van der Waals surface area contributed by atoms with Crippen molar-refractivity contribution in [2.45, 2.75) is 19.3 Å². The van der Waals surface area contributed by atoms with Crippen molar-refractivity contribution in [3.8, 4) is 5.75 Å². The number of H-pyrrole nitrogens is 1. The summed E-state index contributed by atoms with van der Waals surface area (Å²) in [6.07, 6.45) is 2.73. The second-order valence-electron chi connectivity index (χ2n) is 3.85. The third-order valence-electron chi connectivity index (χ3n) is 2.64. The van der Waals surface area contributed by atoms with Gasteiger partial charge in [-0.2, -0.15) is 15.4 Å². The number of nitrogens with one attached hydrogen (secondary N) is 1. The largest absolute Gasteiger partial charge is 0.497 e. The normalized spacial score (nSPS) is 12.4. The Morgan fingerprint density at radius 3 is 2.62 bits per heavy atom. The van der Waals surface area contributed by atoms with Crippen LogP contribution in [0, 0.1) is 0 Å². The van der Waals surface area contributed by atoms with Crippen molar-refractivity contribution in [2.24, 2.45) is 0 Å². The fourth-order valence-electron chi connectivity index (χ4n) is 1.67. The fraction of sp³-hybridized carbons (Fsp3) is 0.333. The van der Waals surface area contributed by atoms with Crippen molar-refractivity contribution in [3.63, 3.8) is 0 Å². The van der Waals surface area contributed by atoms with Crippen LogP contribution < -0.4 is 4.74 Å². The Morgan fingerprint density at radius 1 is 1.31 bits per heavy atom. The smallest absolute Gasteiger partial charge is 0.118 e. The van der Waals surface area contributed by atoms with Gasteiger partial charge in [-0.3, -0.25) is 0 Å². The quantitative estimate of drug-likeness (QED) is 0.853. The minimum atomic E-state index is 0.368. The molecule has 0 bridgehead atoms. The molecule has 1 aromatic carbocycles. The topological polar surface area (TPSA) is 50.8 Å². The van der Waals surface area contributed by atoms with Crippen LogP contribution in [0.2, 0.25) is 0 Å². The second kappa shape index (κ2) is 4.79. The van der Waals surface area contributed by atoms with Crippen molar-refractivity contribution < 1.29 is 4.74 Å². The van der Waals surface area contributed by atoms with Gasteiger partial charge in [0.15, 0.2) is 0 Å². The number of hydrogen-bond acceptors (Lipinski definition) is 3. The fourth-order valence-corrected chi connectivity index (χ4v) is 1.67. The molecule has 0 aliphatic carbocycles. The summed E-state index contributed by atoms with van der Waals surface area (Å²) in [5.74, 6) is 1.25. The van der Waals surface area contributed by atoms with E-state index >= 15 is 0 Å². The Balaban J connectivity index is 2.03. The zero-order valence-electron chi connectivity index (χ0n) is 9.47. The molecule has 0 unspecified atom stereocenters. The molecule has 1 atom stereocenters. The van der Waals surface area contributed by atoms with Crippen LogP contribution in [0.4, 0.5) is 0 Å². The van der Waals surface area contributed by atoms with E-state index < -0.39 is 0 Å². The van der Waals surface area contributed by atoms with Gasteiger partial charge in [-0.15, -0.1) is 0 Å². The monoisotopic (exact) mass is 217 g/mol. The van der Waals surface area contributed by atoms with Crippen LogP contribution in [-0.4, -0.2) is 22.5 Å². The van der Waals surface area contributed by atoms with E-state index in [1.54, 1.807) is 13.3 Å². The van der Waals surface area contributed by atoms with E-state index in [0.717, 1.165) is 17.9 Å². The van der Waals surface area contributed by atoms with Crippen LogP contribution in [0.5, 0.6) is 5.75 Å². The van der Waals surface area contributed by atoms with E-state index in [4.69, 9.17) is 4.74 Å². The molecule has 1 heterocycles. The van der Waals surface area contributed by atoms with Gasteiger partial charge in [0.25, 0.3) is 0 Å². The number of nitrogens with zero attached hydrogens (tertiary/aromatic N) is 2. The number of ether oxygens (including phenoxy) is 1. The first-order valence-corrected chi connectivity index (χ1v) is 5.28. The summed E-state index contributed by atoms with van der Waals surface area (Å²) in [6.45, 7) is 2.14. The lowest BCUT2D eigenvalue weighted by Gasteiger charge is -2.08. The number of hydrogen-bond donors (Lipinski definition) is 1.